The molecule has 0 atom stereocenters. The van der Waals surface area contributed by atoms with Gasteiger partial charge in [-0.25, -0.2) is 0 Å². The number of carbonyl (C=O) groups excluding carboxylic acids is 1. The monoisotopic (exact) mass is 341 g/mol. The van der Waals surface area contributed by atoms with Crippen molar-refractivity contribution >= 4 is 33.7 Å². The van der Waals surface area contributed by atoms with Crippen molar-refractivity contribution in [3.8, 4) is 0 Å². The van der Waals surface area contributed by atoms with E-state index in [0.717, 1.165) is 27.6 Å². The SMILES string of the molecule is Br.Cc1ccccc1C(=O)Cc1ccc2cccnc2c1. The molecule has 106 valence electrons. The Morgan fingerprint density at radius 1 is 1.05 bits per heavy atom. The molecule has 21 heavy (non-hydrogen) atoms. The molecule has 0 aliphatic carbocycles. The van der Waals surface area contributed by atoms with Crippen LogP contribution in [-0.4, -0.2) is 10.8 Å². The zero-order chi connectivity index (χ0) is 13.9. The number of aryl methyl sites for hydroxylation is 1. The normalized spacial score (nSPS) is 10.1. The van der Waals surface area contributed by atoms with Crippen molar-refractivity contribution in [2.45, 2.75) is 13.3 Å². The van der Waals surface area contributed by atoms with E-state index >= 15 is 0 Å². The molecule has 3 rings (SSSR count). The van der Waals surface area contributed by atoms with Crippen LogP contribution in [0.25, 0.3) is 10.9 Å². The lowest BCUT2D eigenvalue weighted by atomic mass is 9.98. The third-order valence-electron chi connectivity index (χ3n) is 3.48. The molecule has 1 aromatic heterocycles. The molecule has 3 aromatic rings. The van der Waals surface area contributed by atoms with E-state index < -0.39 is 0 Å². The summed E-state index contributed by atoms with van der Waals surface area (Å²) >= 11 is 0. The van der Waals surface area contributed by atoms with Gasteiger partial charge in [0.15, 0.2) is 5.78 Å². The van der Waals surface area contributed by atoms with E-state index in [-0.39, 0.29) is 22.8 Å². The summed E-state index contributed by atoms with van der Waals surface area (Å²) in [5, 5.41) is 1.10. The first-order chi connectivity index (χ1) is 9.74. The predicted molar refractivity (Wildman–Crippen MR) is 91.3 cm³/mol. The number of rotatable bonds is 3. The first-order valence-corrected chi connectivity index (χ1v) is 6.66. The van der Waals surface area contributed by atoms with Crippen molar-refractivity contribution in [2.75, 3.05) is 0 Å². The maximum Gasteiger partial charge on any atom is 0.167 e. The Labute approximate surface area is 134 Å². The summed E-state index contributed by atoms with van der Waals surface area (Å²) in [4.78, 5) is 16.7. The average molecular weight is 342 g/mol. The van der Waals surface area contributed by atoms with Gasteiger partial charge in [-0.1, -0.05) is 42.5 Å². The van der Waals surface area contributed by atoms with E-state index in [4.69, 9.17) is 0 Å². The van der Waals surface area contributed by atoms with Gasteiger partial charge in [-0.05, 0) is 30.2 Å². The smallest absolute Gasteiger partial charge is 0.167 e. The number of pyridine rings is 1. The van der Waals surface area contributed by atoms with E-state index in [9.17, 15) is 4.79 Å². The highest BCUT2D eigenvalue weighted by Gasteiger charge is 2.09. The number of aromatic nitrogens is 1. The number of Topliss-reactive ketones (excluding diaryl/α,β-unsaturated/α-hetero) is 1. The van der Waals surface area contributed by atoms with Crippen LogP contribution in [0.3, 0.4) is 0 Å². The molecule has 3 heteroatoms. The molecule has 0 saturated carbocycles. The summed E-state index contributed by atoms with van der Waals surface area (Å²) < 4.78 is 0. The Bertz CT molecular complexity index is 783. The molecule has 0 saturated heterocycles. The van der Waals surface area contributed by atoms with Crippen LogP contribution in [0.4, 0.5) is 0 Å². The van der Waals surface area contributed by atoms with Crippen LogP contribution in [0.2, 0.25) is 0 Å². The Morgan fingerprint density at radius 2 is 1.86 bits per heavy atom. The van der Waals surface area contributed by atoms with Gasteiger partial charge in [-0.2, -0.15) is 0 Å². The number of fused-ring (bicyclic) bond motifs is 1. The van der Waals surface area contributed by atoms with Crippen molar-refractivity contribution < 1.29 is 4.79 Å². The van der Waals surface area contributed by atoms with Crippen LogP contribution in [0.1, 0.15) is 21.5 Å². The molecule has 2 nitrogen and oxygen atoms in total. The Kier molecular flexibility index (Phi) is 4.86. The number of halogens is 1. The summed E-state index contributed by atoms with van der Waals surface area (Å²) in [5.41, 5.74) is 3.76. The highest BCUT2D eigenvalue weighted by molar-refractivity contribution is 8.93. The second-order valence-corrected chi connectivity index (χ2v) is 4.95. The lowest BCUT2D eigenvalue weighted by molar-refractivity contribution is 0.0992. The van der Waals surface area contributed by atoms with Crippen molar-refractivity contribution in [1.82, 2.24) is 4.98 Å². The molecule has 0 bridgehead atoms. The van der Waals surface area contributed by atoms with Crippen LogP contribution >= 0.6 is 17.0 Å². The third-order valence-corrected chi connectivity index (χ3v) is 3.48. The fourth-order valence-corrected chi connectivity index (χ4v) is 2.39. The maximum atomic E-state index is 12.4. The van der Waals surface area contributed by atoms with Crippen molar-refractivity contribution in [3.63, 3.8) is 0 Å². The standard InChI is InChI=1S/C18H15NO.BrH/c1-13-5-2-3-7-16(13)18(20)12-14-8-9-15-6-4-10-19-17(15)11-14;/h2-11H,12H2,1H3;1H. The van der Waals surface area contributed by atoms with Gasteiger partial charge in [0.1, 0.15) is 0 Å². The van der Waals surface area contributed by atoms with Crippen LogP contribution in [0.5, 0.6) is 0 Å². The fraction of sp³-hybridized carbons (Fsp3) is 0.111. The number of ketones is 1. The van der Waals surface area contributed by atoms with Gasteiger partial charge in [0, 0.05) is 23.6 Å². The second kappa shape index (κ2) is 6.64. The van der Waals surface area contributed by atoms with Gasteiger partial charge in [-0.3, -0.25) is 9.78 Å². The van der Waals surface area contributed by atoms with Crippen molar-refractivity contribution in [3.05, 3.63) is 77.5 Å². The zero-order valence-electron chi connectivity index (χ0n) is 11.7. The Balaban J connectivity index is 0.00000161. The van der Waals surface area contributed by atoms with Gasteiger partial charge >= 0.3 is 0 Å². The van der Waals surface area contributed by atoms with E-state index in [1.165, 1.54) is 0 Å². The number of hydrogen-bond acceptors (Lipinski definition) is 2. The fourth-order valence-electron chi connectivity index (χ4n) is 2.39. The van der Waals surface area contributed by atoms with Gasteiger partial charge in [0.25, 0.3) is 0 Å². The Morgan fingerprint density at radius 3 is 2.67 bits per heavy atom. The molecule has 0 N–H and O–H groups in total. The largest absolute Gasteiger partial charge is 0.294 e. The molecule has 0 radical (unpaired) electrons. The van der Waals surface area contributed by atoms with Crippen LogP contribution in [0, 0.1) is 6.92 Å². The molecule has 0 amide bonds. The van der Waals surface area contributed by atoms with Crippen molar-refractivity contribution in [1.29, 1.82) is 0 Å². The molecule has 0 unspecified atom stereocenters. The minimum absolute atomic E-state index is 0. The Hall–Kier alpha value is -2.00. The van der Waals surface area contributed by atoms with Crippen LogP contribution < -0.4 is 0 Å². The van der Waals surface area contributed by atoms with E-state index in [0.29, 0.717) is 6.42 Å². The summed E-state index contributed by atoms with van der Waals surface area (Å²) in [7, 11) is 0. The van der Waals surface area contributed by atoms with E-state index in [2.05, 4.69) is 4.98 Å². The number of nitrogens with zero attached hydrogens (tertiary/aromatic N) is 1. The third kappa shape index (κ3) is 3.37. The summed E-state index contributed by atoms with van der Waals surface area (Å²) in [5.74, 6) is 0.151. The molecule has 1 heterocycles. The topological polar surface area (TPSA) is 30.0 Å². The molecule has 0 fully saturated rings. The average Bonchev–Trinajstić information content (AvgIpc) is 2.47. The maximum absolute atomic E-state index is 12.4. The number of benzene rings is 2. The van der Waals surface area contributed by atoms with Crippen LogP contribution in [-0.2, 0) is 6.42 Å². The van der Waals surface area contributed by atoms with Crippen molar-refractivity contribution in [2.24, 2.45) is 0 Å². The quantitative estimate of drug-likeness (QED) is 0.654. The number of carbonyl (C=O) groups is 1. The highest BCUT2D eigenvalue weighted by atomic mass is 79.9. The van der Waals surface area contributed by atoms with Gasteiger partial charge < -0.3 is 0 Å². The highest BCUT2D eigenvalue weighted by Crippen LogP contribution is 2.16. The second-order valence-electron chi connectivity index (χ2n) is 4.95. The first kappa shape index (κ1) is 15.4. The molecule has 0 aliphatic heterocycles. The van der Waals surface area contributed by atoms with Crippen LogP contribution in [0.15, 0.2) is 60.8 Å². The molecular weight excluding hydrogens is 326 g/mol. The minimum Gasteiger partial charge on any atom is -0.294 e. The summed E-state index contributed by atoms with van der Waals surface area (Å²) in [6.07, 6.45) is 2.19. The molecule has 0 aliphatic rings. The number of hydrogen-bond donors (Lipinski definition) is 0. The minimum atomic E-state index is 0. The molecular formula is C18H16BrNO. The summed E-state index contributed by atoms with van der Waals surface area (Å²) in [6.45, 7) is 1.97. The van der Waals surface area contributed by atoms with Gasteiger partial charge in [0.05, 0.1) is 5.52 Å². The molecule has 2 aromatic carbocycles. The first-order valence-electron chi connectivity index (χ1n) is 6.66. The van der Waals surface area contributed by atoms with E-state index in [1.54, 1.807) is 6.20 Å². The lowest BCUT2D eigenvalue weighted by Crippen LogP contribution is -2.05. The predicted octanol–water partition coefficient (Wildman–Crippen LogP) is 4.55. The van der Waals surface area contributed by atoms with E-state index in [1.807, 2.05) is 61.5 Å². The van der Waals surface area contributed by atoms with Gasteiger partial charge in [0.2, 0.25) is 0 Å². The zero-order valence-corrected chi connectivity index (χ0v) is 13.5. The molecule has 0 spiro atoms. The van der Waals surface area contributed by atoms with Gasteiger partial charge in [-0.15, -0.1) is 17.0 Å². The summed E-state index contributed by atoms with van der Waals surface area (Å²) in [6, 6.07) is 17.7. The lowest BCUT2D eigenvalue weighted by Gasteiger charge is -2.05.